The average Bonchev–Trinajstić information content (AvgIpc) is 3.07. The SMILES string of the molecule is Cc1ccc([C@H](c2sc3nc(C)nn3c2O)N2C[C@@H](C)C[C@H](C)C2)cc1. The van der Waals surface area contributed by atoms with Crippen molar-refractivity contribution in [3.63, 3.8) is 0 Å². The fourth-order valence-corrected chi connectivity index (χ4v) is 5.39. The zero-order valence-electron chi connectivity index (χ0n) is 15.8. The quantitative estimate of drug-likeness (QED) is 0.751. The smallest absolute Gasteiger partial charge is 0.230 e. The summed E-state index contributed by atoms with van der Waals surface area (Å²) < 4.78 is 1.58. The fraction of sp³-hybridized carbons (Fsp3) is 0.500. The molecule has 5 nitrogen and oxygen atoms in total. The summed E-state index contributed by atoms with van der Waals surface area (Å²) in [6.45, 7) is 10.7. The van der Waals surface area contributed by atoms with E-state index in [1.54, 1.807) is 15.9 Å². The molecular formula is C20H26N4OS. The van der Waals surface area contributed by atoms with Crippen molar-refractivity contribution < 1.29 is 5.11 Å². The summed E-state index contributed by atoms with van der Waals surface area (Å²) >= 11 is 1.55. The maximum atomic E-state index is 10.9. The second-order valence-electron chi connectivity index (χ2n) is 7.86. The number of thiazole rings is 1. The van der Waals surface area contributed by atoms with Crippen LogP contribution in [0.4, 0.5) is 0 Å². The van der Waals surface area contributed by atoms with E-state index in [0.29, 0.717) is 17.7 Å². The molecule has 26 heavy (non-hydrogen) atoms. The van der Waals surface area contributed by atoms with Crippen LogP contribution in [-0.4, -0.2) is 37.7 Å². The zero-order chi connectivity index (χ0) is 18.4. The van der Waals surface area contributed by atoms with Crippen LogP contribution >= 0.6 is 11.3 Å². The third-order valence-electron chi connectivity index (χ3n) is 5.21. The summed E-state index contributed by atoms with van der Waals surface area (Å²) in [5.74, 6) is 2.21. The number of nitrogens with zero attached hydrogens (tertiary/aromatic N) is 4. The highest BCUT2D eigenvalue weighted by Crippen LogP contribution is 2.41. The maximum absolute atomic E-state index is 10.9. The number of aromatic hydroxyl groups is 1. The maximum Gasteiger partial charge on any atom is 0.230 e. The summed E-state index contributed by atoms with van der Waals surface area (Å²) in [7, 11) is 0. The van der Waals surface area contributed by atoms with Gasteiger partial charge in [-0.1, -0.05) is 55.0 Å². The predicted octanol–water partition coefficient (Wildman–Crippen LogP) is 4.18. The molecule has 0 unspecified atom stereocenters. The zero-order valence-corrected chi connectivity index (χ0v) is 16.6. The minimum atomic E-state index is 0.0367. The number of fused-ring (bicyclic) bond motifs is 1. The molecule has 6 heteroatoms. The van der Waals surface area contributed by atoms with Crippen molar-refractivity contribution in [2.75, 3.05) is 13.1 Å². The van der Waals surface area contributed by atoms with Gasteiger partial charge < -0.3 is 5.11 Å². The monoisotopic (exact) mass is 370 g/mol. The molecular weight excluding hydrogens is 344 g/mol. The van der Waals surface area contributed by atoms with Crippen molar-refractivity contribution in [2.24, 2.45) is 11.8 Å². The van der Waals surface area contributed by atoms with E-state index in [1.807, 2.05) is 6.92 Å². The van der Waals surface area contributed by atoms with Crippen LogP contribution in [0.5, 0.6) is 5.88 Å². The molecule has 3 aromatic rings. The highest BCUT2D eigenvalue weighted by atomic mass is 32.1. The molecule has 3 atom stereocenters. The van der Waals surface area contributed by atoms with Crippen LogP contribution in [-0.2, 0) is 0 Å². The molecule has 0 radical (unpaired) electrons. The Morgan fingerprint density at radius 2 is 1.77 bits per heavy atom. The van der Waals surface area contributed by atoms with Crippen LogP contribution < -0.4 is 0 Å². The summed E-state index contributed by atoms with van der Waals surface area (Å²) in [4.78, 5) is 8.66. The number of likely N-dealkylation sites (tertiary alicyclic amines) is 1. The van der Waals surface area contributed by atoms with Crippen molar-refractivity contribution in [1.29, 1.82) is 0 Å². The number of aromatic nitrogens is 3. The molecule has 1 N–H and O–H groups in total. The number of hydrogen-bond donors (Lipinski definition) is 1. The van der Waals surface area contributed by atoms with E-state index in [-0.39, 0.29) is 11.9 Å². The Morgan fingerprint density at radius 1 is 1.12 bits per heavy atom. The lowest BCUT2D eigenvalue weighted by Crippen LogP contribution is -2.41. The first kappa shape index (κ1) is 17.5. The second kappa shape index (κ2) is 6.67. The van der Waals surface area contributed by atoms with Gasteiger partial charge in [-0.05, 0) is 37.7 Å². The Balaban J connectivity index is 1.82. The number of aryl methyl sites for hydroxylation is 2. The Morgan fingerprint density at radius 3 is 2.38 bits per heavy atom. The molecule has 0 bridgehead atoms. The first-order valence-corrected chi connectivity index (χ1v) is 10.1. The van der Waals surface area contributed by atoms with Crippen LogP contribution in [0.2, 0.25) is 0 Å². The van der Waals surface area contributed by atoms with Crippen molar-refractivity contribution in [3.05, 3.63) is 46.1 Å². The van der Waals surface area contributed by atoms with Crippen LogP contribution in [0.15, 0.2) is 24.3 Å². The predicted molar refractivity (Wildman–Crippen MR) is 105 cm³/mol. The minimum absolute atomic E-state index is 0.0367. The molecule has 3 heterocycles. The van der Waals surface area contributed by atoms with Crippen LogP contribution in [0.25, 0.3) is 4.96 Å². The summed E-state index contributed by atoms with van der Waals surface area (Å²) in [6, 6.07) is 8.71. The Labute approximate surface area is 158 Å². The van der Waals surface area contributed by atoms with Gasteiger partial charge in [0.15, 0.2) is 0 Å². The van der Waals surface area contributed by atoms with Gasteiger partial charge in [-0.2, -0.15) is 4.52 Å². The Bertz CT molecular complexity index is 904. The Hall–Kier alpha value is -1.92. The fourth-order valence-electron chi connectivity index (χ4n) is 4.22. The minimum Gasteiger partial charge on any atom is -0.492 e. The molecule has 0 aliphatic carbocycles. The molecule has 2 aromatic heterocycles. The molecule has 0 saturated carbocycles. The van der Waals surface area contributed by atoms with E-state index >= 15 is 0 Å². The third-order valence-corrected chi connectivity index (χ3v) is 6.28. The van der Waals surface area contributed by atoms with E-state index in [9.17, 15) is 5.11 Å². The van der Waals surface area contributed by atoms with Gasteiger partial charge in [0.2, 0.25) is 10.8 Å². The van der Waals surface area contributed by atoms with E-state index in [2.05, 4.69) is 60.0 Å². The number of hydrogen-bond acceptors (Lipinski definition) is 5. The van der Waals surface area contributed by atoms with Gasteiger partial charge in [0.05, 0.1) is 10.9 Å². The first-order valence-electron chi connectivity index (χ1n) is 9.28. The molecule has 0 spiro atoms. The topological polar surface area (TPSA) is 53.7 Å². The largest absolute Gasteiger partial charge is 0.492 e. The van der Waals surface area contributed by atoms with Gasteiger partial charge in [-0.25, -0.2) is 4.98 Å². The van der Waals surface area contributed by atoms with Gasteiger partial charge in [-0.3, -0.25) is 4.90 Å². The highest BCUT2D eigenvalue weighted by molar-refractivity contribution is 7.17. The van der Waals surface area contributed by atoms with Crippen LogP contribution in [0, 0.1) is 25.7 Å². The lowest BCUT2D eigenvalue weighted by molar-refractivity contribution is 0.112. The molecule has 138 valence electrons. The van der Waals surface area contributed by atoms with Crippen molar-refractivity contribution in [3.8, 4) is 5.88 Å². The lowest BCUT2D eigenvalue weighted by Gasteiger charge is -2.40. The van der Waals surface area contributed by atoms with E-state index in [0.717, 1.165) is 22.9 Å². The number of rotatable bonds is 3. The first-order chi connectivity index (χ1) is 12.4. The molecule has 1 aromatic carbocycles. The lowest BCUT2D eigenvalue weighted by atomic mass is 9.89. The summed E-state index contributed by atoms with van der Waals surface area (Å²) in [5, 5.41) is 15.2. The number of piperidine rings is 1. The molecule has 4 rings (SSSR count). The molecule has 0 amide bonds. The van der Waals surface area contributed by atoms with E-state index in [4.69, 9.17) is 0 Å². The standard InChI is InChI=1S/C20H26N4OS/c1-12-5-7-16(8-6-12)17(23-10-13(2)9-14(3)11-23)18-19(25)24-20(26-18)21-15(4)22-24/h5-8,13-14,17,25H,9-11H2,1-4H3/t13-,14-,17+/m0/s1. The summed E-state index contributed by atoms with van der Waals surface area (Å²) in [5.41, 5.74) is 2.46. The molecule has 1 aliphatic heterocycles. The molecule has 1 aliphatic rings. The molecule has 1 saturated heterocycles. The van der Waals surface area contributed by atoms with Gasteiger partial charge in [0.1, 0.15) is 5.82 Å². The van der Waals surface area contributed by atoms with Gasteiger partial charge in [0.25, 0.3) is 0 Å². The number of benzene rings is 1. The van der Waals surface area contributed by atoms with Crippen LogP contribution in [0.3, 0.4) is 0 Å². The average molecular weight is 371 g/mol. The van der Waals surface area contributed by atoms with Crippen molar-refractivity contribution >= 4 is 16.3 Å². The Kier molecular flexibility index (Phi) is 4.49. The van der Waals surface area contributed by atoms with Gasteiger partial charge in [-0.15, -0.1) is 5.10 Å². The van der Waals surface area contributed by atoms with E-state index in [1.165, 1.54) is 17.5 Å². The van der Waals surface area contributed by atoms with Crippen LogP contribution in [0.1, 0.15) is 48.1 Å². The van der Waals surface area contributed by atoms with Crippen molar-refractivity contribution in [1.82, 2.24) is 19.5 Å². The van der Waals surface area contributed by atoms with Gasteiger partial charge >= 0.3 is 0 Å². The third kappa shape index (κ3) is 3.12. The van der Waals surface area contributed by atoms with E-state index < -0.39 is 0 Å². The molecule has 1 fully saturated rings. The second-order valence-corrected chi connectivity index (χ2v) is 8.87. The normalized spacial score (nSPS) is 22.8. The van der Waals surface area contributed by atoms with Gasteiger partial charge in [0, 0.05) is 13.1 Å². The van der Waals surface area contributed by atoms with Crippen molar-refractivity contribution in [2.45, 2.75) is 40.2 Å². The highest BCUT2D eigenvalue weighted by Gasteiger charge is 2.33. The summed E-state index contributed by atoms with van der Waals surface area (Å²) in [6.07, 6.45) is 1.26.